The molecule has 1 aromatic rings. The summed E-state index contributed by atoms with van der Waals surface area (Å²) in [6.07, 6.45) is 2.23. The third-order valence-electron chi connectivity index (χ3n) is 4.15. The Hall–Kier alpha value is -2.08. The summed E-state index contributed by atoms with van der Waals surface area (Å²) in [7, 11) is 4.13. The number of hydrogen-bond donors (Lipinski definition) is 2. The number of carbonyl (C=O) groups is 1. The van der Waals surface area contributed by atoms with Gasteiger partial charge < -0.3 is 20.4 Å². The fourth-order valence-corrected chi connectivity index (χ4v) is 2.86. The topological polar surface area (TPSA) is 60.0 Å². The highest BCUT2D eigenvalue weighted by atomic mass is 16.2. The zero-order valence-corrected chi connectivity index (χ0v) is 15.7. The van der Waals surface area contributed by atoms with E-state index in [2.05, 4.69) is 58.9 Å². The number of likely N-dealkylation sites (tertiary alicyclic amines) is 1. The first kappa shape index (κ1) is 19.2. The van der Waals surface area contributed by atoms with Crippen LogP contribution < -0.4 is 10.6 Å². The Morgan fingerprint density at radius 2 is 1.76 bits per heavy atom. The van der Waals surface area contributed by atoms with Gasteiger partial charge in [0.15, 0.2) is 5.96 Å². The van der Waals surface area contributed by atoms with Crippen LogP contribution in [0.25, 0.3) is 0 Å². The van der Waals surface area contributed by atoms with E-state index in [0.717, 1.165) is 44.6 Å². The molecule has 0 spiro atoms. The van der Waals surface area contributed by atoms with Crippen molar-refractivity contribution in [3.05, 3.63) is 35.4 Å². The van der Waals surface area contributed by atoms with Crippen LogP contribution in [0.2, 0.25) is 0 Å². The van der Waals surface area contributed by atoms with E-state index in [0.29, 0.717) is 19.0 Å². The highest BCUT2D eigenvalue weighted by Crippen LogP contribution is 2.08. The molecule has 0 saturated carbocycles. The van der Waals surface area contributed by atoms with Crippen molar-refractivity contribution < 1.29 is 4.79 Å². The highest BCUT2D eigenvalue weighted by molar-refractivity contribution is 5.86. The minimum absolute atomic E-state index is 0.149. The molecular weight excluding hydrogens is 314 g/mol. The van der Waals surface area contributed by atoms with Crippen molar-refractivity contribution in [1.29, 1.82) is 0 Å². The van der Waals surface area contributed by atoms with E-state index in [4.69, 9.17) is 0 Å². The van der Waals surface area contributed by atoms with E-state index in [9.17, 15) is 4.79 Å². The minimum Gasteiger partial charge on any atom is -0.357 e. The first-order chi connectivity index (χ1) is 12.1. The van der Waals surface area contributed by atoms with Crippen molar-refractivity contribution in [3.8, 4) is 0 Å². The lowest BCUT2D eigenvalue weighted by Crippen LogP contribution is -2.44. The van der Waals surface area contributed by atoms with Crippen LogP contribution in [0.3, 0.4) is 0 Å². The van der Waals surface area contributed by atoms with Crippen LogP contribution in [0.15, 0.2) is 29.3 Å². The Kier molecular flexibility index (Phi) is 7.73. The molecule has 6 nitrogen and oxygen atoms in total. The zero-order chi connectivity index (χ0) is 18.1. The van der Waals surface area contributed by atoms with Crippen molar-refractivity contribution in [1.82, 2.24) is 20.4 Å². The number of amides is 1. The second-order valence-corrected chi connectivity index (χ2v) is 6.69. The maximum absolute atomic E-state index is 12.1. The third-order valence-corrected chi connectivity index (χ3v) is 4.15. The average molecular weight is 345 g/mol. The lowest BCUT2D eigenvalue weighted by atomic mass is 10.1. The molecule has 1 amide bonds. The Bertz CT molecular complexity index is 562. The summed E-state index contributed by atoms with van der Waals surface area (Å²) in [5, 5.41) is 6.34. The molecule has 1 aliphatic heterocycles. The van der Waals surface area contributed by atoms with E-state index in [1.807, 2.05) is 11.8 Å². The number of benzene rings is 1. The van der Waals surface area contributed by atoms with Gasteiger partial charge in [0.05, 0.1) is 13.1 Å². The lowest BCUT2D eigenvalue weighted by Gasteiger charge is -2.17. The second kappa shape index (κ2) is 10.0. The lowest BCUT2D eigenvalue weighted by molar-refractivity contribution is -0.128. The average Bonchev–Trinajstić information content (AvgIpc) is 3.12. The Morgan fingerprint density at radius 3 is 2.36 bits per heavy atom. The van der Waals surface area contributed by atoms with Gasteiger partial charge in [0.25, 0.3) is 0 Å². The molecule has 0 bridgehead atoms. The van der Waals surface area contributed by atoms with Gasteiger partial charge in [0, 0.05) is 26.2 Å². The molecule has 138 valence electrons. The maximum atomic E-state index is 12.1. The summed E-state index contributed by atoms with van der Waals surface area (Å²) in [4.78, 5) is 20.8. The minimum atomic E-state index is 0.149. The van der Waals surface area contributed by atoms with Crippen LogP contribution >= 0.6 is 0 Å². The quantitative estimate of drug-likeness (QED) is 0.580. The summed E-state index contributed by atoms with van der Waals surface area (Å²) in [6.45, 7) is 6.39. The molecule has 1 heterocycles. The predicted molar refractivity (Wildman–Crippen MR) is 102 cm³/mol. The monoisotopic (exact) mass is 345 g/mol. The van der Waals surface area contributed by atoms with E-state index >= 15 is 0 Å². The zero-order valence-electron chi connectivity index (χ0n) is 15.7. The third kappa shape index (κ3) is 6.74. The van der Waals surface area contributed by atoms with Crippen LogP contribution in [0.5, 0.6) is 0 Å². The maximum Gasteiger partial charge on any atom is 0.241 e. The Morgan fingerprint density at radius 1 is 1.12 bits per heavy atom. The van der Waals surface area contributed by atoms with Crippen LogP contribution in [0, 0.1) is 0 Å². The Balaban J connectivity index is 1.86. The summed E-state index contributed by atoms with van der Waals surface area (Å²) in [5.74, 6) is 0.837. The molecule has 1 aromatic carbocycles. The van der Waals surface area contributed by atoms with Gasteiger partial charge in [-0.25, -0.2) is 4.99 Å². The molecule has 2 N–H and O–H groups in total. The molecule has 25 heavy (non-hydrogen) atoms. The molecule has 0 radical (unpaired) electrons. The van der Waals surface area contributed by atoms with Gasteiger partial charge in [-0.05, 0) is 45.0 Å². The smallest absolute Gasteiger partial charge is 0.241 e. The van der Waals surface area contributed by atoms with E-state index in [-0.39, 0.29) is 5.91 Å². The summed E-state index contributed by atoms with van der Waals surface area (Å²) < 4.78 is 0. The number of aliphatic imine (C=N–C) groups is 1. The molecule has 1 aliphatic rings. The molecule has 0 unspecified atom stereocenters. The van der Waals surface area contributed by atoms with Crippen molar-refractivity contribution in [2.45, 2.75) is 32.9 Å². The van der Waals surface area contributed by atoms with E-state index < -0.39 is 0 Å². The summed E-state index contributed by atoms with van der Waals surface area (Å²) in [5.41, 5.74) is 2.45. The molecule has 2 rings (SSSR count). The highest BCUT2D eigenvalue weighted by Gasteiger charge is 2.17. The van der Waals surface area contributed by atoms with Crippen molar-refractivity contribution in [2.24, 2.45) is 4.99 Å². The van der Waals surface area contributed by atoms with Crippen molar-refractivity contribution in [2.75, 3.05) is 40.3 Å². The molecule has 0 aliphatic carbocycles. The molecule has 0 atom stereocenters. The molecule has 1 saturated heterocycles. The normalized spacial score (nSPS) is 14.9. The molecule has 1 fully saturated rings. The molecular formula is C19H31N5O. The van der Waals surface area contributed by atoms with Gasteiger partial charge in [-0.3, -0.25) is 4.79 Å². The largest absolute Gasteiger partial charge is 0.357 e. The van der Waals surface area contributed by atoms with Gasteiger partial charge >= 0.3 is 0 Å². The van der Waals surface area contributed by atoms with Gasteiger partial charge in [0.2, 0.25) is 5.91 Å². The van der Waals surface area contributed by atoms with Crippen LogP contribution in [0.4, 0.5) is 0 Å². The first-order valence-corrected chi connectivity index (χ1v) is 9.11. The van der Waals surface area contributed by atoms with Gasteiger partial charge in [-0.2, -0.15) is 0 Å². The molecule has 6 heteroatoms. The fraction of sp³-hybridized carbons (Fsp3) is 0.579. The van der Waals surface area contributed by atoms with Crippen LogP contribution in [-0.2, 0) is 17.9 Å². The SMILES string of the molecule is CCNC(=NCc1ccc(CN(C)C)cc1)NCC(=O)N1CCCC1. The number of nitrogens with one attached hydrogen (secondary N) is 2. The number of carbonyl (C=O) groups excluding carboxylic acids is 1. The number of rotatable bonds is 7. The number of guanidine groups is 1. The van der Waals surface area contributed by atoms with Gasteiger partial charge in [0.1, 0.15) is 0 Å². The number of hydrogen-bond acceptors (Lipinski definition) is 3. The van der Waals surface area contributed by atoms with Gasteiger partial charge in [-0.15, -0.1) is 0 Å². The van der Waals surface area contributed by atoms with E-state index in [1.54, 1.807) is 0 Å². The Labute approximate surface area is 151 Å². The predicted octanol–water partition coefficient (Wildman–Crippen LogP) is 1.43. The molecule has 0 aromatic heterocycles. The first-order valence-electron chi connectivity index (χ1n) is 9.11. The van der Waals surface area contributed by atoms with Crippen LogP contribution in [0.1, 0.15) is 30.9 Å². The summed E-state index contributed by atoms with van der Waals surface area (Å²) in [6, 6.07) is 8.51. The standard InChI is InChI=1S/C19H31N5O/c1-4-20-19(22-14-18(25)24-11-5-6-12-24)21-13-16-7-9-17(10-8-16)15-23(2)3/h7-10H,4-6,11-15H2,1-3H3,(H2,20,21,22). The van der Waals surface area contributed by atoms with E-state index in [1.165, 1.54) is 5.56 Å². The fourth-order valence-electron chi connectivity index (χ4n) is 2.86. The van der Waals surface area contributed by atoms with Crippen molar-refractivity contribution in [3.63, 3.8) is 0 Å². The number of nitrogens with zero attached hydrogens (tertiary/aromatic N) is 3. The van der Waals surface area contributed by atoms with Crippen molar-refractivity contribution >= 4 is 11.9 Å². The second-order valence-electron chi connectivity index (χ2n) is 6.69. The van der Waals surface area contributed by atoms with Gasteiger partial charge in [-0.1, -0.05) is 24.3 Å². The van der Waals surface area contributed by atoms with Crippen LogP contribution in [-0.4, -0.2) is 61.9 Å². The summed E-state index contributed by atoms with van der Waals surface area (Å²) >= 11 is 0.